The second-order valence-electron chi connectivity index (χ2n) is 4.25. The number of nitrogens with zero attached hydrogens (tertiary/aromatic N) is 2. The van der Waals surface area contributed by atoms with Gasteiger partial charge in [-0.15, -0.1) is 21.8 Å². The Bertz CT molecular complexity index is 511. The Kier molecular flexibility index (Phi) is 3.59. The Balaban J connectivity index is 1.80. The first kappa shape index (κ1) is 12.1. The predicted octanol–water partition coefficient (Wildman–Crippen LogP) is 3.72. The quantitative estimate of drug-likeness (QED) is 0.804. The molecule has 0 radical (unpaired) electrons. The van der Waals surface area contributed by atoms with E-state index in [-0.39, 0.29) is 11.5 Å². The Morgan fingerprint density at radius 3 is 2.83 bits per heavy atom. The third-order valence-corrected chi connectivity index (χ3v) is 4.64. The molecule has 3 nitrogen and oxygen atoms in total. The highest BCUT2D eigenvalue weighted by molar-refractivity contribution is 7.11. The molecule has 0 spiro atoms. The molecule has 2 aromatic rings. The number of rotatable bonds is 3. The first-order chi connectivity index (χ1) is 8.84. The standard InChI is InChI=1S/C13H13ClN2OS/c14-11(9-5-2-1-3-6-9)13-16-15-12(18-13)10-7-4-8-17-10/h1-3,5-6,10-11H,4,7-8H2. The average Bonchev–Trinajstić information content (AvgIpc) is 3.09. The van der Waals surface area contributed by atoms with Gasteiger partial charge in [0, 0.05) is 6.61 Å². The molecule has 1 aromatic carbocycles. The summed E-state index contributed by atoms with van der Waals surface area (Å²) < 4.78 is 5.60. The number of hydrogen-bond acceptors (Lipinski definition) is 4. The molecule has 1 aliphatic rings. The Morgan fingerprint density at radius 1 is 1.28 bits per heavy atom. The van der Waals surface area contributed by atoms with E-state index >= 15 is 0 Å². The molecule has 2 unspecified atom stereocenters. The van der Waals surface area contributed by atoms with Crippen LogP contribution in [0.25, 0.3) is 0 Å². The molecule has 1 saturated heterocycles. The molecule has 94 valence electrons. The van der Waals surface area contributed by atoms with Gasteiger partial charge >= 0.3 is 0 Å². The lowest BCUT2D eigenvalue weighted by molar-refractivity contribution is 0.111. The molecule has 0 aliphatic carbocycles. The molecule has 1 aromatic heterocycles. The van der Waals surface area contributed by atoms with E-state index in [1.165, 1.54) is 0 Å². The van der Waals surface area contributed by atoms with Gasteiger partial charge in [-0.2, -0.15) is 0 Å². The molecule has 3 rings (SSSR count). The fraction of sp³-hybridized carbons (Fsp3) is 0.385. The van der Waals surface area contributed by atoms with Crippen LogP contribution in [0.2, 0.25) is 0 Å². The SMILES string of the molecule is ClC(c1ccccc1)c1nnc(C2CCCO2)s1. The largest absolute Gasteiger partial charge is 0.371 e. The van der Waals surface area contributed by atoms with Gasteiger partial charge in [-0.3, -0.25) is 0 Å². The van der Waals surface area contributed by atoms with Crippen LogP contribution in [0.15, 0.2) is 30.3 Å². The maximum Gasteiger partial charge on any atom is 0.146 e. The minimum absolute atomic E-state index is 0.121. The molecule has 18 heavy (non-hydrogen) atoms. The number of alkyl halides is 1. The third kappa shape index (κ3) is 2.41. The molecular formula is C13H13ClN2OS. The van der Waals surface area contributed by atoms with Gasteiger partial charge in [-0.05, 0) is 18.4 Å². The first-order valence-corrected chi connectivity index (χ1v) is 7.24. The van der Waals surface area contributed by atoms with Crippen molar-refractivity contribution >= 4 is 22.9 Å². The van der Waals surface area contributed by atoms with Crippen LogP contribution in [-0.2, 0) is 4.74 Å². The molecule has 0 amide bonds. The van der Waals surface area contributed by atoms with E-state index in [1.807, 2.05) is 30.3 Å². The summed E-state index contributed by atoms with van der Waals surface area (Å²) in [6.07, 6.45) is 2.26. The van der Waals surface area contributed by atoms with Crippen molar-refractivity contribution < 1.29 is 4.74 Å². The molecule has 2 atom stereocenters. The molecule has 0 saturated carbocycles. The van der Waals surface area contributed by atoms with Crippen molar-refractivity contribution in [2.45, 2.75) is 24.3 Å². The van der Waals surface area contributed by atoms with Crippen LogP contribution in [0.5, 0.6) is 0 Å². The van der Waals surface area contributed by atoms with Gasteiger partial charge < -0.3 is 4.74 Å². The Hall–Kier alpha value is -0.970. The lowest BCUT2D eigenvalue weighted by atomic mass is 10.1. The van der Waals surface area contributed by atoms with E-state index in [1.54, 1.807) is 11.3 Å². The lowest BCUT2D eigenvalue weighted by Gasteiger charge is -2.05. The smallest absolute Gasteiger partial charge is 0.146 e. The van der Waals surface area contributed by atoms with Crippen LogP contribution in [0.3, 0.4) is 0 Å². The van der Waals surface area contributed by atoms with E-state index in [9.17, 15) is 0 Å². The number of ether oxygens (including phenoxy) is 1. The first-order valence-electron chi connectivity index (χ1n) is 5.98. The van der Waals surface area contributed by atoms with Crippen LogP contribution in [0, 0.1) is 0 Å². The normalized spacial score (nSPS) is 21.1. The summed E-state index contributed by atoms with van der Waals surface area (Å²) in [5.74, 6) is 0. The monoisotopic (exact) mass is 280 g/mol. The summed E-state index contributed by atoms with van der Waals surface area (Å²) in [5, 5.41) is 9.96. The molecule has 2 heterocycles. The molecule has 1 fully saturated rings. The summed E-state index contributed by atoms with van der Waals surface area (Å²) in [6.45, 7) is 0.822. The van der Waals surface area contributed by atoms with E-state index in [0.717, 1.165) is 35.0 Å². The highest BCUT2D eigenvalue weighted by Gasteiger charge is 2.24. The number of benzene rings is 1. The molecular weight excluding hydrogens is 268 g/mol. The van der Waals surface area contributed by atoms with Crippen molar-refractivity contribution in [2.75, 3.05) is 6.61 Å². The van der Waals surface area contributed by atoms with E-state index in [0.29, 0.717) is 0 Å². The number of halogens is 1. The number of hydrogen-bond donors (Lipinski definition) is 0. The van der Waals surface area contributed by atoms with Crippen molar-refractivity contribution in [1.82, 2.24) is 10.2 Å². The Labute approximate surface area is 115 Å². The van der Waals surface area contributed by atoms with E-state index in [2.05, 4.69) is 10.2 Å². The summed E-state index contributed by atoms with van der Waals surface area (Å²) in [7, 11) is 0. The molecule has 1 aliphatic heterocycles. The summed E-state index contributed by atoms with van der Waals surface area (Å²) in [4.78, 5) is 0. The van der Waals surface area contributed by atoms with Crippen LogP contribution in [0.4, 0.5) is 0 Å². The van der Waals surface area contributed by atoms with Crippen LogP contribution < -0.4 is 0 Å². The topological polar surface area (TPSA) is 35.0 Å². The number of aromatic nitrogens is 2. The maximum absolute atomic E-state index is 6.42. The zero-order valence-corrected chi connectivity index (χ0v) is 11.3. The van der Waals surface area contributed by atoms with Gasteiger partial charge in [0.05, 0.1) is 0 Å². The minimum atomic E-state index is -0.223. The lowest BCUT2D eigenvalue weighted by Crippen LogP contribution is -1.94. The van der Waals surface area contributed by atoms with Crippen LogP contribution in [-0.4, -0.2) is 16.8 Å². The highest BCUT2D eigenvalue weighted by Crippen LogP contribution is 2.35. The Morgan fingerprint density at radius 2 is 2.11 bits per heavy atom. The summed E-state index contributed by atoms with van der Waals surface area (Å²) in [5.41, 5.74) is 1.05. The van der Waals surface area contributed by atoms with Crippen molar-refractivity contribution in [1.29, 1.82) is 0 Å². The maximum atomic E-state index is 6.42. The fourth-order valence-electron chi connectivity index (χ4n) is 2.02. The van der Waals surface area contributed by atoms with Gasteiger partial charge in [0.1, 0.15) is 21.5 Å². The highest BCUT2D eigenvalue weighted by atomic mass is 35.5. The van der Waals surface area contributed by atoms with Crippen molar-refractivity contribution in [3.8, 4) is 0 Å². The van der Waals surface area contributed by atoms with Crippen LogP contribution >= 0.6 is 22.9 Å². The predicted molar refractivity (Wildman–Crippen MR) is 72.0 cm³/mol. The zero-order chi connectivity index (χ0) is 12.4. The molecule has 0 bridgehead atoms. The van der Waals surface area contributed by atoms with Crippen LogP contribution in [0.1, 0.15) is 39.9 Å². The van der Waals surface area contributed by atoms with Gasteiger partial charge in [0.15, 0.2) is 0 Å². The van der Waals surface area contributed by atoms with E-state index in [4.69, 9.17) is 16.3 Å². The van der Waals surface area contributed by atoms with Crippen molar-refractivity contribution in [2.24, 2.45) is 0 Å². The molecule has 5 heteroatoms. The second-order valence-corrected chi connectivity index (χ2v) is 5.73. The summed E-state index contributed by atoms with van der Waals surface area (Å²) >= 11 is 7.97. The van der Waals surface area contributed by atoms with Gasteiger partial charge in [-0.1, -0.05) is 41.7 Å². The zero-order valence-electron chi connectivity index (χ0n) is 9.75. The third-order valence-electron chi connectivity index (χ3n) is 2.97. The van der Waals surface area contributed by atoms with Gasteiger partial charge in [0.2, 0.25) is 0 Å². The molecule has 0 N–H and O–H groups in total. The van der Waals surface area contributed by atoms with E-state index < -0.39 is 0 Å². The minimum Gasteiger partial charge on any atom is -0.371 e. The average molecular weight is 281 g/mol. The van der Waals surface area contributed by atoms with Gasteiger partial charge in [-0.25, -0.2) is 0 Å². The second kappa shape index (κ2) is 5.34. The van der Waals surface area contributed by atoms with Crippen molar-refractivity contribution in [3.05, 3.63) is 45.9 Å². The van der Waals surface area contributed by atoms with Crippen molar-refractivity contribution in [3.63, 3.8) is 0 Å². The van der Waals surface area contributed by atoms with Gasteiger partial charge in [0.25, 0.3) is 0 Å². The fourth-order valence-corrected chi connectivity index (χ4v) is 3.27. The summed E-state index contributed by atoms with van der Waals surface area (Å²) in [6, 6.07) is 9.94.